The van der Waals surface area contributed by atoms with Crippen molar-refractivity contribution in [1.82, 2.24) is 10.3 Å². The monoisotopic (exact) mass is 422 g/mol. The van der Waals surface area contributed by atoms with Crippen molar-refractivity contribution in [3.63, 3.8) is 0 Å². The van der Waals surface area contributed by atoms with Gasteiger partial charge in [0.1, 0.15) is 18.1 Å². The number of rotatable bonds is 10. The number of amides is 1. The number of benzene rings is 2. The summed E-state index contributed by atoms with van der Waals surface area (Å²) in [5, 5.41) is 2.93. The van der Waals surface area contributed by atoms with Gasteiger partial charge in [0, 0.05) is 30.6 Å². The fourth-order valence-electron chi connectivity index (χ4n) is 3.02. The minimum Gasteiger partial charge on any atom is -0.497 e. The first-order chi connectivity index (χ1) is 15.1. The second-order valence-electron chi connectivity index (χ2n) is 6.76. The molecule has 0 atom stereocenters. The number of nitrogens with one attached hydrogen (secondary N) is 1. The molecule has 0 saturated carbocycles. The molecule has 3 aromatic rings. The van der Waals surface area contributed by atoms with Crippen LogP contribution < -0.4 is 24.3 Å². The zero-order valence-electron chi connectivity index (χ0n) is 17.9. The molecule has 0 aliphatic heterocycles. The average Bonchev–Trinajstić information content (AvgIpc) is 2.82. The van der Waals surface area contributed by atoms with Gasteiger partial charge in [-0.15, -0.1) is 0 Å². The molecule has 3 rings (SSSR count). The predicted molar refractivity (Wildman–Crippen MR) is 117 cm³/mol. The second kappa shape index (κ2) is 10.9. The lowest BCUT2D eigenvalue weighted by Gasteiger charge is -2.13. The number of hydrogen-bond acceptors (Lipinski definition) is 6. The minimum atomic E-state index is -0.111. The summed E-state index contributed by atoms with van der Waals surface area (Å²) in [5.74, 6) is 2.43. The Hall–Kier alpha value is -3.74. The first-order valence-corrected chi connectivity index (χ1v) is 9.79. The molecule has 7 nitrogen and oxygen atoms in total. The van der Waals surface area contributed by atoms with Gasteiger partial charge in [-0.3, -0.25) is 9.78 Å². The number of hydrogen-bond donors (Lipinski definition) is 1. The number of methoxy groups -OCH3 is 3. The Morgan fingerprint density at radius 1 is 0.839 bits per heavy atom. The number of carbonyl (C=O) groups excluding carboxylic acids is 1. The van der Waals surface area contributed by atoms with Crippen molar-refractivity contribution in [2.45, 2.75) is 19.6 Å². The van der Waals surface area contributed by atoms with Gasteiger partial charge in [0.15, 0.2) is 11.5 Å². The summed E-state index contributed by atoms with van der Waals surface area (Å²) in [6, 6.07) is 14.8. The highest BCUT2D eigenvalue weighted by atomic mass is 16.5. The maximum Gasteiger partial charge on any atom is 0.224 e. The molecule has 0 fully saturated rings. The van der Waals surface area contributed by atoms with Crippen molar-refractivity contribution < 1.29 is 23.7 Å². The van der Waals surface area contributed by atoms with Crippen molar-refractivity contribution in [3.05, 3.63) is 77.6 Å². The number of pyridine rings is 1. The van der Waals surface area contributed by atoms with Crippen molar-refractivity contribution in [1.29, 1.82) is 0 Å². The van der Waals surface area contributed by atoms with Crippen molar-refractivity contribution in [2.24, 2.45) is 0 Å². The Bertz CT molecular complexity index is 1010. The molecule has 1 aromatic heterocycles. The molecule has 2 aromatic carbocycles. The molecule has 1 heterocycles. The molecule has 162 valence electrons. The summed E-state index contributed by atoms with van der Waals surface area (Å²) >= 11 is 0. The standard InChI is InChI=1S/C24H26N2O5/c1-28-20-6-5-19(22(14-20)29-2)13-24(27)26-15-18-4-7-21(23(12-18)30-3)31-16-17-8-10-25-11-9-17/h4-12,14H,13,15-16H2,1-3H3,(H,26,27). The van der Waals surface area contributed by atoms with Gasteiger partial charge in [0.25, 0.3) is 0 Å². The maximum absolute atomic E-state index is 12.4. The normalized spacial score (nSPS) is 10.3. The Labute approximate surface area is 181 Å². The van der Waals surface area contributed by atoms with Crippen LogP contribution in [0.2, 0.25) is 0 Å². The summed E-state index contributed by atoms with van der Waals surface area (Å²) in [6.07, 6.45) is 3.66. The molecule has 1 N–H and O–H groups in total. The summed E-state index contributed by atoms with van der Waals surface area (Å²) in [6.45, 7) is 0.789. The molecule has 0 aliphatic rings. The van der Waals surface area contributed by atoms with Crippen LogP contribution in [0.15, 0.2) is 60.9 Å². The van der Waals surface area contributed by atoms with Gasteiger partial charge in [-0.1, -0.05) is 12.1 Å². The van der Waals surface area contributed by atoms with E-state index in [1.165, 1.54) is 0 Å². The average molecular weight is 422 g/mol. The summed E-state index contributed by atoms with van der Waals surface area (Å²) in [4.78, 5) is 16.4. The van der Waals surface area contributed by atoms with E-state index in [-0.39, 0.29) is 12.3 Å². The van der Waals surface area contributed by atoms with E-state index >= 15 is 0 Å². The number of carbonyl (C=O) groups is 1. The Morgan fingerprint density at radius 2 is 1.61 bits per heavy atom. The fraction of sp³-hybridized carbons (Fsp3) is 0.250. The molecule has 7 heteroatoms. The van der Waals surface area contributed by atoms with Gasteiger partial charge in [0.05, 0.1) is 27.8 Å². The van der Waals surface area contributed by atoms with Gasteiger partial charge in [-0.05, 0) is 41.5 Å². The third kappa shape index (κ3) is 6.12. The third-order valence-corrected chi connectivity index (χ3v) is 4.71. The highest BCUT2D eigenvalue weighted by Crippen LogP contribution is 2.29. The van der Waals surface area contributed by atoms with Gasteiger partial charge in [-0.2, -0.15) is 0 Å². The molecule has 0 aliphatic carbocycles. The molecule has 0 saturated heterocycles. The Kier molecular flexibility index (Phi) is 7.70. The molecule has 0 unspecified atom stereocenters. The van der Waals surface area contributed by atoms with E-state index in [1.807, 2.05) is 36.4 Å². The smallest absolute Gasteiger partial charge is 0.224 e. The van der Waals surface area contributed by atoms with E-state index in [0.29, 0.717) is 36.1 Å². The van der Waals surface area contributed by atoms with Gasteiger partial charge < -0.3 is 24.3 Å². The topological polar surface area (TPSA) is 78.9 Å². The molecule has 0 bridgehead atoms. The van der Waals surface area contributed by atoms with E-state index in [4.69, 9.17) is 18.9 Å². The van der Waals surface area contributed by atoms with Crippen molar-refractivity contribution in [3.8, 4) is 23.0 Å². The van der Waals surface area contributed by atoms with Crippen LogP contribution in [0.25, 0.3) is 0 Å². The van der Waals surface area contributed by atoms with Crippen molar-refractivity contribution >= 4 is 5.91 Å². The van der Waals surface area contributed by atoms with Crippen LogP contribution in [0.1, 0.15) is 16.7 Å². The van der Waals surface area contributed by atoms with E-state index in [2.05, 4.69) is 10.3 Å². The zero-order valence-corrected chi connectivity index (χ0v) is 17.9. The molecule has 1 amide bonds. The van der Waals surface area contributed by atoms with E-state index in [1.54, 1.807) is 45.9 Å². The van der Waals surface area contributed by atoms with Crippen LogP contribution in [-0.2, 0) is 24.4 Å². The predicted octanol–water partition coefficient (Wildman–Crippen LogP) is 3.55. The van der Waals surface area contributed by atoms with Crippen LogP contribution in [0.5, 0.6) is 23.0 Å². The van der Waals surface area contributed by atoms with Gasteiger partial charge in [0.2, 0.25) is 5.91 Å². The van der Waals surface area contributed by atoms with Gasteiger partial charge in [-0.25, -0.2) is 0 Å². The van der Waals surface area contributed by atoms with E-state index in [9.17, 15) is 4.79 Å². The SMILES string of the molecule is COc1ccc(CC(=O)NCc2ccc(OCc3ccncc3)c(OC)c2)c(OC)c1. The second-order valence-corrected chi connectivity index (χ2v) is 6.76. The third-order valence-electron chi connectivity index (χ3n) is 4.71. The highest BCUT2D eigenvalue weighted by molar-refractivity contribution is 5.79. The van der Waals surface area contributed by atoms with Crippen LogP contribution >= 0.6 is 0 Å². The largest absolute Gasteiger partial charge is 0.497 e. The van der Waals surface area contributed by atoms with E-state index < -0.39 is 0 Å². The highest BCUT2D eigenvalue weighted by Gasteiger charge is 2.11. The quantitative estimate of drug-likeness (QED) is 0.538. The van der Waals surface area contributed by atoms with Crippen molar-refractivity contribution in [2.75, 3.05) is 21.3 Å². The van der Waals surface area contributed by atoms with Crippen LogP contribution in [-0.4, -0.2) is 32.2 Å². The number of aromatic nitrogens is 1. The lowest BCUT2D eigenvalue weighted by atomic mass is 10.1. The van der Waals surface area contributed by atoms with Crippen LogP contribution in [0.3, 0.4) is 0 Å². The Balaban J connectivity index is 1.58. The molecular formula is C24H26N2O5. The lowest BCUT2D eigenvalue weighted by Crippen LogP contribution is -2.24. The first-order valence-electron chi connectivity index (χ1n) is 9.79. The fourth-order valence-corrected chi connectivity index (χ4v) is 3.02. The Morgan fingerprint density at radius 3 is 2.32 bits per heavy atom. The van der Waals surface area contributed by atoms with Gasteiger partial charge >= 0.3 is 0 Å². The zero-order chi connectivity index (χ0) is 22.1. The number of ether oxygens (including phenoxy) is 4. The lowest BCUT2D eigenvalue weighted by molar-refractivity contribution is -0.120. The summed E-state index contributed by atoms with van der Waals surface area (Å²) in [7, 11) is 4.75. The first kappa shape index (κ1) is 22.0. The maximum atomic E-state index is 12.4. The van der Waals surface area contributed by atoms with Crippen LogP contribution in [0, 0.1) is 0 Å². The molecule has 0 radical (unpaired) electrons. The molecular weight excluding hydrogens is 396 g/mol. The summed E-state index contributed by atoms with van der Waals surface area (Å²) in [5.41, 5.74) is 2.71. The number of nitrogens with zero attached hydrogens (tertiary/aromatic N) is 1. The van der Waals surface area contributed by atoms with Crippen LogP contribution in [0.4, 0.5) is 0 Å². The molecule has 31 heavy (non-hydrogen) atoms. The van der Waals surface area contributed by atoms with E-state index in [0.717, 1.165) is 16.7 Å². The summed E-state index contributed by atoms with van der Waals surface area (Å²) < 4.78 is 21.9. The minimum absolute atomic E-state index is 0.111. The molecule has 0 spiro atoms.